The Balaban J connectivity index is 2.08. The fourth-order valence-electron chi connectivity index (χ4n) is 1.71. The number of benzene rings is 1. The van der Waals surface area contributed by atoms with Gasteiger partial charge in [0.25, 0.3) is 5.91 Å². The zero-order chi connectivity index (χ0) is 13.0. The Morgan fingerprint density at radius 1 is 1.33 bits per heavy atom. The SMILES string of the molecule is CCC(NC(=O)c1ccc(F)cc1)c1cccs1. The van der Waals surface area contributed by atoms with Crippen molar-refractivity contribution >= 4 is 17.2 Å². The zero-order valence-corrected chi connectivity index (χ0v) is 10.8. The second-order valence-electron chi connectivity index (χ2n) is 3.96. The maximum absolute atomic E-state index is 12.8. The summed E-state index contributed by atoms with van der Waals surface area (Å²) in [6.07, 6.45) is 0.827. The van der Waals surface area contributed by atoms with E-state index in [1.54, 1.807) is 11.3 Å². The molecule has 1 atom stereocenters. The smallest absolute Gasteiger partial charge is 0.251 e. The van der Waals surface area contributed by atoms with E-state index in [2.05, 4.69) is 5.32 Å². The van der Waals surface area contributed by atoms with Gasteiger partial charge in [-0.1, -0.05) is 13.0 Å². The van der Waals surface area contributed by atoms with Gasteiger partial charge in [-0.3, -0.25) is 4.79 Å². The van der Waals surface area contributed by atoms with Crippen LogP contribution in [0.1, 0.15) is 34.6 Å². The number of halogens is 1. The van der Waals surface area contributed by atoms with E-state index in [1.807, 2.05) is 24.4 Å². The Hall–Kier alpha value is -1.68. The molecule has 2 rings (SSSR count). The van der Waals surface area contributed by atoms with Crippen molar-refractivity contribution in [2.75, 3.05) is 0 Å². The number of hydrogen-bond donors (Lipinski definition) is 1. The van der Waals surface area contributed by atoms with Crippen molar-refractivity contribution in [1.29, 1.82) is 0 Å². The van der Waals surface area contributed by atoms with Crippen molar-refractivity contribution in [1.82, 2.24) is 5.32 Å². The minimum absolute atomic E-state index is 0.0163. The van der Waals surface area contributed by atoms with E-state index in [-0.39, 0.29) is 17.8 Å². The molecule has 1 aromatic heterocycles. The molecule has 18 heavy (non-hydrogen) atoms. The molecule has 1 aromatic carbocycles. The molecule has 0 fully saturated rings. The molecule has 1 heterocycles. The van der Waals surface area contributed by atoms with Crippen molar-refractivity contribution in [2.24, 2.45) is 0 Å². The number of nitrogens with one attached hydrogen (secondary N) is 1. The molecular formula is C14H14FNOS. The van der Waals surface area contributed by atoms with E-state index >= 15 is 0 Å². The predicted octanol–water partition coefficient (Wildman–Crippen LogP) is 3.77. The molecule has 0 spiro atoms. The molecule has 0 aliphatic heterocycles. The van der Waals surface area contributed by atoms with E-state index in [0.29, 0.717) is 5.56 Å². The van der Waals surface area contributed by atoms with Crippen molar-refractivity contribution in [3.8, 4) is 0 Å². The Morgan fingerprint density at radius 2 is 2.06 bits per heavy atom. The average molecular weight is 263 g/mol. The van der Waals surface area contributed by atoms with Gasteiger partial charge in [0.15, 0.2) is 0 Å². The second kappa shape index (κ2) is 5.78. The number of rotatable bonds is 4. The van der Waals surface area contributed by atoms with Gasteiger partial charge in [0.2, 0.25) is 0 Å². The number of amides is 1. The van der Waals surface area contributed by atoms with Crippen LogP contribution in [0.3, 0.4) is 0 Å². The molecule has 2 nitrogen and oxygen atoms in total. The highest BCUT2D eigenvalue weighted by Crippen LogP contribution is 2.22. The molecule has 94 valence electrons. The van der Waals surface area contributed by atoms with Gasteiger partial charge < -0.3 is 5.32 Å². The van der Waals surface area contributed by atoms with Crippen LogP contribution < -0.4 is 5.32 Å². The van der Waals surface area contributed by atoms with Gasteiger partial charge in [0, 0.05) is 10.4 Å². The van der Waals surface area contributed by atoms with E-state index in [1.165, 1.54) is 24.3 Å². The van der Waals surface area contributed by atoms with E-state index in [0.717, 1.165) is 11.3 Å². The highest BCUT2D eigenvalue weighted by molar-refractivity contribution is 7.10. The lowest BCUT2D eigenvalue weighted by Gasteiger charge is -2.15. The van der Waals surface area contributed by atoms with Crippen LogP contribution in [0.15, 0.2) is 41.8 Å². The van der Waals surface area contributed by atoms with Gasteiger partial charge in [-0.25, -0.2) is 4.39 Å². The van der Waals surface area contributed by atoms with Gasteiger partial charge in [0.05, 0.1) is 6.04 Å². The van der Waals surface area contributed by atoms with Crippen LogP contribution in [0.25, 0.3) is 0 Å². The molecule has 0 aliphatic rings. The third-order valence-corrected chi connectivity index (χ3v) is 3.69. The molecule has 0 radical (unpaired) electrons. The van der Waals surface area contributed by atoms with Crippen LogP contribution in [0, 0.1) is 5.82 Å². The van der Waals surface area contributed by atoms with Crippen LogP contribution in [0.5, 0.6) is 0 Å². The van der Waals surface area contributed by atoms with Crippen LogP contribution in [0.2, 0.25) is 0 Å². The summed E-state index contributed by atoms with van der Waals surface area (Å²) >= 11 is 1.62. The number of thiophene rings is 1. The molecule has 0 saturated heterocycles. The van der Waals surface area contributed by atoms with Crippen LogP contribution in [-0.4, -0.2) is 5.91 Å². The molecule has 4 heteroatoms. The van der Waals surface area contributed by atoms with Gasteiger partial charge in [-0.2, -0.15) is 0 Å². The topological polar surface area (TPSA) is 29.1 Å². The average Bonchev–Trinajstić information content (AvgIpc) is 2.90. The third-order valence-electron chi connectivity index (χ3n) is 2.71. The number of hydrogen-bond acceptors (Lipinski definition) is 2. The summed E-state index contributed by atoms with van der Waals surface area (Å²) in [5.74, 6) is -0.507. The first-order valence-corrected chi connectivity index (χ1v) is 6.68. The molecule has 1 unspecified atom stereocenters. The van der Waals surface area contributed by atoms with Crippen molar-refractivity contribution in [3.05, 3.63) is 58.0 Å². The van der Waals surface area contributed by atoms with E-state index in [4.69, 9.17) is 0 Å². The lowest BCUT2D eigenvalue weighted by molar-refractivity contribution is 0.0936. The molecule has 0 aliphatic carbocycles. The summed E-state index contributed by atoms with van der Waals surface area (Å²) in [4.78, 5) is 13.1. The second-order valence-corrected chi connectivity index (χ2v) is 4.94. The van der Waals surface area contributed by atoms with Crippen LogP contribution >= 0.6 is 11.3 Å². The minimum Gasteiger partial charge on any atom is -0.344 e. The van der Waals surface area contributed by atoms with Crippen LogP contribution in [0.4, 0.5) is 4.39 Å². The Morgan fingerprint density at radius 3 is 2.61 bits per heavy atom. The summed E-state index contributed by atoms with van der Waals surface area (Å²) in [5.41, 5.74) is 0.478. The monoisotopic (exact) mass is 263 g/mol. The Bertz CT molecular complexity index is 507. The van der Waals surface area contributed by atoms with Gasteiger partial charge in [-0.15, -0.1) is 11.3 Å². The predicted molar refractivity (Wildman–Crippen MR) is 71.2 cm³/mol. The van der Waals surface area contributed by atoms with E-state index in [9.17, 15) is 9.18 Å². The zero-order valence-electron chi connectivity index (χ0n) is 10.0. The summed E-state index contributed by atoms with van der Waals surface area (Å²) < 4.78 is 12.8. The highest BCUT2D eigenvalue weighted by Gasteiger charge is 2.14. The first-order chi connectivity index (χ1) is 8.70. The van der Waals surface area contributed by atoms with Crippen LogP contribution in [-0.2, 0) is 0 Å². The van der Waals surface area contributed by atoms with Gasteiger partial charge in [-0.05, 0) is 42.1 Å². The molecular weight excluding hydrogens is 249 g/mol. The minimum atomic E-state index is -0.336. The largest absolute Gasteiger partial charge is 0.344 e. The Kier molecular flexibility index (Phi) is 4.10. The maximum Gasteiger partial charge on any atom is 0.251 e. The molecule has 2 aromatic rings. The van der Waals surface area contributed by atoms with Crippen molar-refractivity contribution in [2.45, 2.75) is 19.4 Å². The quantitative estimate of drug-likeness (QED) is 0.894. The fraction of sp³-hybridized carbons (Fsp3) is 0.214. The summed E-state index contributed by atoms with van der Waals surface area (Å²) in [5, 5.41) is 4.94. The normalized spacial score (nSPS) is 12.1. The van der Waals surface area contributed by atoms with Crippen molar-refractivity contribution in [3.63, 3.8) is 0 Å². The number of carbonyl (C=O) groups is 1. The standard InChI is InChI=1S/C14H14FNOS/c1-2-12(13-4-3-9-18-13)16-14(17)10-5-7-11(15)8-6-10/h3-9,12H,2H2,1H3,(H,16,17). The lowest BCUT2D eigenvalue weighted by Crippen LogP contribution is -2.27. The highest BCUT2D eigenvalue weighted by atomic mass is 32.1. The molecule has 0 saturated carbocycles. The summed E-state index contributed by atoms with van der Waals surface area (Å²) in [6.45, 7) is 2.02. The molecule has 0 bridgehead atoms. The van der Waals surface area contributed by atoms with Gasteiger partial charge in [0.1, 0.15) is 5.82 Å². The van der Waals surface area contributed by atoms with Gasteiger partial charge >= 0.3 is 0 Å². The first kappa shape index (κ1) is 12.8. The Labute approximate surface area is 109 Å². The maximum atomic E-state index is 12.8. The van der Waals surface area contributed by atoms with E-state index < -0.39 is 0 Å². The fourth-order valence-corrected chi connectivity index (χ4v) is 2.57. The van der Waals surface area contributed by atoms with Crippen molar-refractivity contribution < 1.29 is 9.18 Å². The summed E-state index contributed by atoms with van der Waals surface area (Å²) in [6, 6.07) is 9.55. The number of carbonyl (C=O) groups excluding carboxylic acids is 1. The summed E-state index contributed by atoms with van der Waals surface area (Å²) in [7, 11) is 0. The third kappa shape index (κ3) is 2.96. The molecule has 1 N–H and O–H groups in total. The molecule has 1 amide bonds. The first-order valence-electron chi connectivity index (χ1n) is 5.80. The lowest BCUT2D eigenvalue weighted by atomic mass is 10.1.